The summed E-state index contributed by atoms with van der Waals surface area (Å²) in [6, 6.07) is 10.8. The number of carbonyl (C=O) groups is 1. The lowest BCUT2D eigenvalue weighted by atomic mass is 9.98. The van der Waals surface area contributed by atoms with Gasteiger partial charge in [-0.3, -0.25) is 4.79 Å². The van der Waals surface area contributed by atoms with E-state index in [0.717, 1.165) is 24.1 Å². The average molecular weight is 436 g/mol. The molecule has 1 aliphatic heterocycles. The number of hydrogen-bond donors (Lipinski definition) is 0. The SMILES string of the molecule is CS(=O)(=O)Cc1cc(Cl)cc(C(=O)N2CCC3=C(Cc4ccc(Cl)cc43)C2)c1. The number of hydrogen-bond acceptors (Lipinski definition) is 3. The number of fused-ring (bicyclic) bond motifs is 2. The molecule has 7 heteroatoms. The Balaban J connectivity index is 1.57. The zero-order valence-corrected chi connectivity index (χ0v) is 17.7. The molecule has 1 heterocycles. The molecule has 0 saturated heterocycles. The Kier molecular flexibility index (Phi) is 5.02. The molecule has 0 N–H and O–H groups in total. The number of benzene rings is 2. The van der Waals surface area contributed by atoms with Crippen molar-refractivity contribution in [1.29, 1.82) is 0 Å². The van der Waals surface area contributed by atoms with Crippen LogP contribution in [0.5, 0.6) is 0 Å². The first-order valence-electron chi connectivity index (χ1n) is 8.96. The van der Waals surface area contributed by atoms with Gasteiger partial charge in [0.25, 0.3) is 5.91 Å². The summed E-state index contributed by atoms with van der Waals surface area (Å²) in [7, 11) is -3.21. The van der Waals surface area contributed by atoms with Crippen molar-refractivity contribution < 1.29 is 13.2 Å². The Bertz CT molecular complexity index is 1120. The number of carbonyl (C=O) groups excluding carboxylic acids is 1. The molecule has 1 amide bonds. The van der Waals surface area contributed by atoms with Crippen molar-refractivity contribution >= 4 is 44.5 Å². The Morgan fingerprint density at radius 2 is 1.89 bits per heavy atom. The molecule has 28 heavy (non-hydrogen) atoms. The van der Waals surface area contributed by atoms with E-state index < -0.39 is 9.84 Å². The molecule has 2 aliphatic rings. The summed E-state index contributed by atoms with van der Waals surface area (Å²) in [5, 5.41) is 1.09. The molecule has 146 valence electrons. The van der Waals surface area contributed by atoms with E-state index in [1.165, 1.54) is 22.3 Å². The lowest BCUT2D eigenvalue weighted by molar-refractivity contribution is 0.0767. The fraction of sp³-hybridized carbons (Fsp3) is 0.286. The molecule has 0 radical (unpaired) electrons. The highest BCUT2D eigenvalue weighted by Gasteiger charge is 2.29. The van der Waals surface area contributed by atoms with E-state index in [9.17, 15) is 13.2 Å². The summed E-state index contributed by atoms with van der Waals surface area (Å²) in [4.78, 5) is 14.9. The van der Waals surface area contributed by atoms with Crippen molar-refractivity contribution in [3.63, 3.8) is 0 Å². The van der Waals surface area contributed by atoms with Crippen LogP contribution in [0.1, 0.15) is 33.5 Å². The second-order valence-corrected chi connectivity index (χ2v) is 10.5. The number of amides is 1. The summed E-state index contributed by atoms with van der Waals surface area (Å²) in [5.74, 6) is -0.267. The average Bonchev–Trinajstić information content (AvgIpc) is 2.96. The molecule has 1 aliphatic carbocycles. The van der Waals surface area contributed by atoms with Gasteiger partial charge in [0.15, 0.2) is 9.84 Å². The van der Waals surface area contributed by atoms with E-state index in [4.69, 9.17) is 23.2 Å². The van der Waals surface area contributed by atoms with E-state index in [1.54, 1.807) is 18.2 Å². The maximum Gasteiger partial charge on any atom is 0.254 e. The standard InChI is InChI=1S/C21H19Cl2NO3S/c1-28(26,27)12-13-6-15(9-18(23)7-13)21(25)24-5-4-19-16(11-24)8-14-2-3-17(22)10-20(14)19/h2-3,6-7,9-10H,4-5,8,11-12H2,1H3. The van der Waals surface area contributed by atoms with Crippen molar-refractivity contribution in [2.45, 2.75) is 18.6 Å². The molecule has 0 spiro atoms. The van der Waals surface area contributed by atoms with Gasteiger partial charge < -0.3 is 4.90 Å². The maximum atomic E-state index is 13.1. The van der Waals surface area contributed by atoms with Gasteiger partial charge in [-0.2, -0.15) is 0 Å². The van der Waals surface area contributed by atoms with Gasteiger partial charge in [0.2, 0.25) is 0 Å². The van der Waals surface area contributed by atoms with Gasteiger partial charge in [0, 0.05) is 35.0 Å². The van der Waals surface area contributed by atoms with Crippen LogP contribution in [0.4, 0.5) is 0 Å². The maximum absolute atomic E-state index is 13.1. The third-order valence-corrected chi connectivity index (χ3v) is 6.47. The zero-order chi connectivity index (χ0) is 20.1. The highest BCUT2D eigenvalue weighted by atomic mass is 35.5. The molecule has 0 atom stereocenters. The predicted octanol–water partition coefficient (Wildman–Crippen LogP) is 4.39. The molecule has 0 aromatic heterocycles. The number of halogens is 2. The number of nitrogens with zero attached hydrogens (tertiary/aromatic N) is 1. The summed E-state index contributed by atoms with van der Waals surface area (Å²) < 4.78 is 23.2. The fourth-order valence-corrected chi connectivity index (χ4v) is 5.25. The summed E-state index contributed by atoms with van der Waals surface area (Å²) >= 11 is 12.3. The van der Waals surface area contributed by atoms with Crippen LogP contribution < -0.4 is 0 Å². The first-order chi connectivity index (χ1) is 13.2. The molecule has 4 nitrogen and oxygen atoms in total. The van der Waals surface area contributed by atoms with Crippen LogP contribution in [0.3, 0.4) is 0 Å². The minimum absolute atomic E-state index is 0.127. The lowest BCUT2D eigenvalue weighted by Crippen LogP contribution is -2.36. The smallest absolute Gasteiger partial charge is 0.254 e. The van der Waals surface area contributed by atoms with Crippen molar-refractivity contribution in [2.75, 3.05) is 19.3 Å². The van der Waals surface area contributed by atoms with E-state index in [0.29, 0.717) is 29.2 Å². The summed E-state index contributed by atoms with van der Waals surface area (Å²) in [5.41, 5.74) is 5.95. The summed E-state index contributed by atoms with van der Waals surface area (Å²) in [6.45, 7) is 1.17. The van der Waals surface area contributed by atoms with Crippen LogP contribution in [0.15, 0.2) is 42.0 Å². The van der Waals surface area contributed by atoms with Crippen molar-refractivity contribution in [3.8, 4) is 0 Å². The largest absolute Gasteiger partial charge is 0.334 e. The molecular formula is C21H19Cl2NO3S. The Hall–Kier alpha value is -1.82. The Morgan fingerprint density at radius 1 is 1.11 bits per heavy atom. The molecule has 2 aromatic rings. The predicted molar refractivity (Wildman–Crippen MR) is 113 cm³/mol. The van der Waals surface area contributed by atoms with Crippen LogP contribution in [-0.2, 0) is 22.0 Å². The topological polar surface area (TPSA) is 54.5 Å². The van der Waals surface area contributed by atoms with Gasteiger partial charge in [-0.05, 0) is 71.0 Å². The number of sulfone groups is 1. The van der Waals surface area contributed by atoms with Crippen molar-refractivity contribution in [2.24, 2.45) is 0 Å². The molecule has 2 aromatic carbocycles. The Labute approximate surface area is 174 Å². The van der Waals surface area contributed by atoms with Gasteiger partial charge in [-0.1, -0.05) is 29.3 Å². The lowest BCUT2D eigenvalue weighted by Gasteiger charge is -2.29. The van der Waals surface area contributed by atoms with Gasteiger partial charge in [0.05, 0.1) is 5.75 Å². The normalized spacial score (nSPS) is 16.2. The molecule has 0 unspecified atom stereocenters. The van der Waals surface area contributed by atoms with Crippen LogP contribution in [0.25, 0.3) is 5.57 Å². The van der Waals surface area contributed by atoms with Crippen molar-refractivity contribution in [1.82, 2.24) is 4.90 Å². The van der Waals surface area contributed by atoms with Crippen LogP contribution in [0, 0.1) is 0 Å². The molecule has 0 bridgehead atoms. The second kappa shape index (κ2) is 7.21. The third-order valence-electron chi connectivity index (χ3n) is 5.16. The van der Waals surface area contributed by atoms with E-state index in [-0.39, 0.29) is 11.7 Å². The summed E-state index contributed by atoms with van der Waals surface area (Å²) in [6.07, 6.45) is 2.78. The van der Waals surface area contributed by atoms with Crippen molar-refractivity contribution in [3.05, 3.63) is 74.3 Å². The van der Waals surface area contributed by atoms with Crippen LogP contribution in [-0.4, -0.2) is 38.6 Å². The van der Waals surface area contributed by atoms with Gasteiger partial charge in [0.1, 0.15) is 0 Å². The van der Waals surface area contributed by atoms with E-state index in [2.05, 4.69) is 6.07 Å². The first-order valence-corrected chi connectivity index (χ1v) is 11.8. The first kappa shape index (κ1) is 19.5. The van der Waals surface area contributed by atoms with Crippen LogP contribution in [0.2, 0.25) is 10.0 Å². The second-order valence-electron chi connectivity index (χ2n) is 7.46. The highest BCUT2D eigenvalue weighted by Crippen LogP contribution is 2.39. The van der Waals surface area contributed by atoms with Gasteiger partial charge >= 0.3 is 0 Å². The van der Waals surface area contributed by atoms with E-state index >= 15 is 0 Å². The molecule has 4 rings (SSSR count). The quantitative estimate of drug-likeness (QED) is 0.717. The minimum atomic E-state index is -3.21. The van der Waals surface area contributed by atoms with E-state index in [1.807, 2.05) is 17.0 Å². The molecule has 0 saturated carbocycles. The highest BCUT2D eigenvalue weighted by molar-refractivity contribution is 7.89. The van der Waals surface area contributed by atoms with Gasteiger partial charge in [-0.15, -0.1) is 0 Å². The number of rotatable bonds is 3. The molecular weight excluding hydrogens is 417 g/mol. The zero-order valence-electron chi connectivity index (χ0n) is 15.3. The monoisotopic (exact) mass is 435 g/mol. The molecule has 0 fully saturated rings. The minimum Gasteiger partial charge on any atom is -0.334 e. The van der Waals surface area contributed by atoms with Gasteiger partial charge in [-0.25, -0.2) is 8.42 Å². The van der Waals surface area contributed by atoms with Crippen LogP contribution >= 0.6 is 23.2 Å². The Morgan fingerprint density at radius 3 is 2.64 bits per heavy atom. The fourth-order valence-electron chi connectivity index (χ4n) is 4.05. The third kappa shape index (κ3) is 3.97.